The molecule has 0 spiro atoms. The molecule has 1 fully saturated rings. The van der Waals surface area contributed by atoms with Crippen molar-refractivity contribution in [2.45, 2.75) is 38.7 Å². The third-order valence-corrected chi connectivity index (χ3v) is 4.61. The predicted octanol–water partition coefficient (Wildman–Crippen LogP) is 2.66. The van der Waals surface area contributed by atoms with E-state index < -0.39 is 5.60 Å². The first-order chi connectivity index (χ1) is 8.02. The van der Waals surface area contributed by atoms with Gasteiger partial charge in [0.25, 0.3) is 0 Å². The van der Waals surface area contributed by atoms with Crippen LogP contribution in [0.5, 0.6) is 0 Å². The Morgan fingerprint density at radius 2 is 2.06 bits per heavy atom. The lowest BCUT2D eigenvalue weighted by Gasteiger charge is -2.43. The molecule has 1 aliphatic carbocycles. The molecule has 1 aromatic carbocycles. The lowest BCUT2D eigenvalue weighted by Crippen LogP contribution is -2.47. The SMILES string of the molecule is CC1CCC(CN)(C(C)(O)c2ccccc2)C1. The Morgan fingerprint density at radius 1 is 1.41 bits per heavy atom. The molecule has 2 rings (SSSR count). The van der Waals surface area contributed by atoms with Gasteiger partial charge in [0.15, 0.2) is 0 Å². The van der Waals surface area contributed by atoms with Crippen LogP contribution in [0.1, 0.15) is 38.7 Å². The minimum Gasteiger partial charge on any atom is -0.385 e. The van der Waals surface area contributed by atoms with Gasteiger partial charge in [-0.05, 0) is 37.7 Å². The summed E-state index contributed by atoms with van der Waals surface area (Å²) in [5, 5.41) is 11.0. The van der Waals surface area contributed by atoms with E-state index in [1.165, 1.54) is 6.42 Å². The number of aliphatic hydroxyl groups is 1. The highest BCUT2D eigenvalue weighted by atomic mass is 16.3. The Bertz CT molecular complexity index is 374. The summed E-state index contributed by atoms with van der Waals surface area (Å²) in [5.74, 6) is 0.661. The molecule has 0 saturated heterocycles. The lowest BCUT2D eigenvalue weighted by molar-refractivity contribution is -0.0711. The highest BCUT2D eigenvalue weighted by Crippen LogP contribution is 2.52. The van der Waals surface area contributed by atoms with Crippen molar-refractivity contribution in [2.75, 3.05) is 6.54 Å². The Labute approximate surface area is 104 Å². The van der Waals surface area contributed by atoms with Crippen molar-refractivity contribution in [3.63, 3.8) is 0 Å². The van der Waals surface area contributed by atoms with Crippen molar-refractivity contribution < 1.29 is 5.11 Å². The molecule has 1 aliphatic rings. The second-order valence-electron chi connectivity index (χ2n) is 5.77. The molecule has 3 unspecified atom stereocenters. The van der Waals surface area contributed by atoms with Crippen molar-refractivity contribution in [2.24, 2.45) is 17.1 Å². The number of hydrogen-bond acceptors (Lipinski definition) is 2. The quantitative estimate of drug-likeness (QED) is 0.843. The second kappa shape index (κ2) is 4.43. The van der Waals surface area contributed by atoms with E-state index in [1.54, 1.807) is 0 Å². The molecular weight excluding hydrogens is 210 g/mol. The van der Waals surface area contributed by atoms with Crippen molar-refractivity contribution in [3.05, 3.63) is 35.9 Å². The first-order valence-corrected chi connectivity index (χ1v) is 6.50. The van der Waals surface area contributed by atoms with Crippen LogP contribution >= 0.6 is 0 Å². The fourth-order valence-corrected chi connectivity index (χ4v) is 3.29. The topological polar surface area (TPSA) is 46.2 Å². The maximum atomic E-state index is 11.0. The normalized spacial score (nSPS) is 32.4. The molecular formula is C15H23NO. The maximum Gasteiger partial charge on any atom is 0.0936 e. The van der Waals surface area contributed by atoms with E-state index in [-0.39, 0.29) is 5.41 Å². The van der Waals surface area contributed by atoms with Crippen LogP contribution in [-0.2, 0) is 5.60 Å². The molecule has 0 aromatic heterocycles. The molecule has 0 heterocycles. The Hall–Kier alpha value is -0.860. The van der Waals surface area contributed by atoms with Crippen LogP contribution in [0.2, 0.25) is 0 Å². The molecule has 0 amide bonds. The van der Waals surface area contributed by atoms with Crippen LogP contribution in [0.3, 0.4) is 0 Å². The average Bonchev–Trinajstić information content (AvgIpc) is 2.74. The van der Waals surface area contributed by atoms with Crippen molar-refractivity contribution >= 4 is 0 Å². The van der Waals surface area contributed by atoms with E-state index in [0.717, 1.165) is 18.4 Å². The van der Waals surface area contributed by atoms with E-state index in [1.807, 2.05) is 37.3 Å². The summed E-state index contributed by atoms with van der Waals surface area (Å²) in [7, 11) is 0. The van der Waals surface area contributed by atoms with E-state index >= 15 is 0 Å². The molecule has 0 radical (unpaired) electrons. The van der Waals surface area contributed by atoms with Crippen molar-refractivity contribution in [3.8, 4) is 0 Å². The van der Waals surface area contributed by atoms with E-state index in [0.29, 0.717) is 12.5 Å². The monoisotopic (exact) mass is 233 g/mol. The molecule has 3 atom stereocenters. The first kappa shape index (κ1) is 12.6. The van der Waals surface area contributed by atoms with Crippen LogP contribution in [0.15, 0.2) is 30.3 Å². The first-order valence-electron chi connectivity index (χ1n) is 6.50. The van der Waals surface area contributed by atoms with E-state index in [9.17, 15) is 5.11 Å². The molecule has 2 heteroatoms. The number of benzene rings is 1. The lowest BCUT2D eigenvalue weighted by atomic mass is 9.67. The van der Waals surface area contributed by atoms with Crippen LogP contribution in [0.25, 0.3) is 0 Å². The molecule has 3 N–H and O–H groups in total. The summed E-state index contributed by atoms with van der Waals surface area (Å²) in [6.07, 6.45) is 3.21. The third-order valence-electron chi connectivity index (χ3n) is 4.61. The zero-order chi connectivity index (χ0) is 12.5. The van der Waals surface area contributed by atoms with Gasteiger partial charge in [-0.25, -0.2) is 0 Å². The molecule has 0 aliphatic heterocycles. The fourth-order valence-electron chi connectivity index (χ4n) is 3.29. The summed E-state index contributed by atoms with van der Waals surface area (Å²) in [5.41, 5.74) is 6.00. The van der Waals surface area contributed by atoms with Crippen LogP contribution in [0.4, 0.5) is 0 Å². The second-order valence-corrected chi connectivity index (χ2v) is 5.77. The summed E-state index contributed by atoms with van der Waals surface area (Å²) in [6, 6.07) is 9.94. The highest BCUT2D eigenvalue weighted by molar-refractivity contribution is 5.25. The third kappa shape index (κ3) is 2.00. The Balaban J connectivity index is 2.37. The summed E-state index contributed by atoms with van der Waals surface area (Å²) in [4.78, 5) is 0. The summed E-state index contributed by atoms with van der Waals surface area (Å²) >= 11 is 0. The molecule has 1 saturated carbocycles. The summed E-state index contributed by atoms with van der Waals surface area (Å²) in [6.45, 7) is 4.73. The van der Waals surface area contributed by atoms with Gasteiger partial charge >= 0.3 is 0 Å². The minimum absolute atomic E-state index is 0.159. The van der Waals surface area contributed by atoms with E-state index in [4.69, 9.17) is 5.73 Å². The Kier molecular flexibility index (Phi) is 3.28. The van der Waals surface area contributed by atoms with Gasteiger partial charge in [-0.2, -0.15) is 0 Å². The maximum absolute atomic E-state index is 11.0. The highest BCUT2D eigenvalue weighted by Gasteiger charge is 2.50. The fraction of sp³-hybridized carbons (Fsp3) is 0.600. The number of nitrogens with two attached hydrogens (primary N) is 1. The van der Waals surface area contributed by atoms with Gasteiger partial charge < -0.3 is 10.8 Å². The molecule has 2 nitrogen and oxygen atoms in total. The molecule has 17 heavy (non-hydrogen) atoms. The van der Waals surface area contributed by atoms with Gasteiger partial charge in [-0.1, -0.05) is 37.3 Å². The molecule has 94 valence electrons. The van der Waals surface area contributed by atoms with Crippen molar-refractivity contribution in [1.29, 1.82) is 0 Å². The standard InChI is InChI=1S/C15H23NO/c1-12-8-9-15(10-12,11-16)14(2,17)13-6-4-3-5-7-13/h3-7,12,17H,8-11,16H2,1-2H3. The minimum atomic E-state index is -0.826. The van der Waals surface area contributed by atoms with Gasteiger partial charge in [0.1, 0.15) is 0 Å². The van der Waals surface area contributed by atoms with Crippen LogP contribution in [-0.4, -0.2) is 11.7 Å². The Morgan fingerprint density at radius 3 is 2.53 bits per heavy atom. The zero-order valence-electron chi connectivity index (χ0n) is 10.8. The molecule has 1 aromatic rings. The van der Waals surface area contributed by atoms with Crippen LogP contribution < -0.4 is 5.73 Å². The van der Waals surface area contributed by atoms with Crippen molar-refractivity contribution in [1.82, 2.24) is 0 Å². The van der Waals surface area contributed by atoms with Crippen LogP contribution in [0, 0.1) is 11.3 Å². The smallest absolute Gasteiger partial charge is 0.0936 e. The summed E-state index contributed by atoms with van der Waals surface area (Å²) < 4.78 is 0. The van der Waals surface area contributed by atoms with Gasteiger partial charge in [0.2, 0.25) is 0 Å². The van der Waals surface area contributed by atoms with Gasteiger partial charge in [-0.15, -0.1) is 0 Å². The molecule has 0 bridgehead atoms. The van der Waals surface area contributed by atoms with Gasteiger partial charge in [0.05, 0.1) is 5.60 Å². The predicted molar refractivity (Wildman–Crippen MR) is 70.5 cm³/mol. The number of hydrogen-bond donors (Lipinski definition) is 2. The van der Waals surface area contributed by atoms with Gasteiger partial charge in [-0.3, -0.25) is 0 Å². The van der Waals surface area contributed by atoms with E-state index in [2.05, 4.69) is 6.92 Å². The largest absolute Gasteiger partial charge is 0.385 e. The zero-order valence-corrected chi connectivity index (χ0v) is 10.8. The average molecular weight is 233 g/mol. The van der Waals surface area contributed by atoms with Gasteiger partial charge in [0, 0.05) is 12.0 Å². The number of rotatable bonds is 3.